The van der Waals surface area contributed by atoms with E-state index >= 15 is 0 Å². The van der Waals surface area contributed by atoms with E-state index in [1.54, 1.807) is 6.26 Å². The summed E-state index contributed by atoms with van der Waals surface area (Å²) in [6.45, 7) is 2.27. The summed E-state index contributed by atoms with van der Waals surface area (Å²) in [5, 5.41) is 0. The van der Waals surface area contributed by atoms with Gasteiger partial charge < -0.3 is 9.40 Å². The van der Waals surface area contributed by atoms with Gasteiger partial charge in [0.15, 0.2) is 0 Å². The molecule has 0 saturated heterocycles. The van der Waals surface area contributed by atoms with Crippen molar-refractivity contribution in [2.75, 3.05) is 6.54 Å². The Balaban J connectivity index is 1.55. The van der Waals surface area contributed by atoms with Crippen molar-refractivity contribution >= 4 is 15.9 Å². The summed E-state index contributed by atoms with van der Waals surface area (Å²) >= 11 is 3.38. The molecule has 1 aliphatic heterocycles. The van der Waals surface area contributed by atoms with Crippen LogP contribution in [-0.2, 0) is 19.5 Å². The van der Waals surface area contributed by atoms with Crippen LogP contribution in [0.5, 0.6) is 0 Å². The first kappa shape index (κ1) is 13.3. The van der Waals surface area contributed by atoms with Crippen LogP contribution in [0.1, 0.15) is 41.6 Å². The lowest BCUT2D eigenvalue weighted by Crippen LogP contribution is -2.35. The van der Waals surface area contributed by atoms with Gasteiger partial charge in [-0.1, -0.05) is 0 Å². The molecular weight excluding hydrogens is 334 g/mol. The van der Waals surface area contributed by atoms with Crippen LogP contribution >= 0.6 is 15.9 Å². The van der Waals surface area contributed by atoms with Crippen LogP contribution < -0.4 is 5.56 Å². The van der Waals surface area contributed by atoms with Crippen LogP contribution in [0.2, 0.25) is 0 Å². The first-order valence-corrected chi connectivity index (χ1v) is 8.05. The molecule has 0 atom stereocenters. The number of H-pyrrole nitrogens is 1. The lowest BCUT2D eigenvalue weighted by molar-refractivity contribution is 0.222. The number of hydrogen-bond donors (Lipinski definition) is 1. The van der Waals surface area contributed by atoms with E-state index in [1.807, 2.05) is 6.07 Å². The first-order chi connectivity index (χ1) is 10.2. The lowest BCUT2D eigenvalue weighted by Gasteiger charge is -2.26. The van der Waals surface area contributed by atoms with Crippen molar-refractivity contribution in [3.8, 4) is 0 Å². The quantitative estimate of drug-likeness (QED) is 0.924. The Morgan fingerprint density at radius 1 is 1.48 bits per heavy atom. The van der Waals surface area contributed by atoms with Crippen molar-refractivity contribution in [3.63, 3.8) is 0 Å². The second kappa shape index (κ2) is 5.10. The topological polar surface area (TPSA) is 62.1 Å². The van der Waals surface area contributed by atoms with Crippen LogP contribution in [0.25, 0.3) is 0 Å². The third-order valence-electron chi connectivity index (χ3n) is 4.13. The van der Waals surface area contributed by atoms with E-state index in [0.717, 1.165) is 59.7 Å². The molecule has 2 aliphatic rings. The number of fused-ring (bicyclic) bond motifs is 1. The second-order valence-corrected chi connectivity index (χ2v) is 6.76. The Labute approximate surface area is 130 Å². The molecule has 1 N–H and O–H groups in total. The molecule has 1 aliphatic carbocycles. The van der Waals surface area contributed by atoms with Crippen molar-refractivity contribution < 1.29 is 4.42 Å². The largest absolute Gasteiger partial charge is 0.467 e. The maximum Gasteiger partial charge on any atom is 0.255 e. The molecular formula is C15H16BrN3O2. The maximum absolute atomic E-state index is 12.3. The Bertz CT molecular complexity index is 733. The highest BCUT2D eigenvalue weighted by Gasteiger charge is 2.29. The third-order valence-corrected chi connectivity index (χ3v) is 4.55. The summed E-state index contributed by atoms with van der Waals surface area (Å²) < 4.78 is 6.40. The number of nitrogens with one attached hydrogen (secondary N) is 1. The number of aromatic nitrogens is 2. The number of hydrogen-bond acceptors (Lipinski definition) is 4. The molecule has 0 aromatic carbocycles. The van der Waals surface area contributed by atoms with Crippen LogP contribution in [0.4, 0.5) is 0 Å². The minimum atomic E-state index is 0.0345. The maximum atomic E-state index is 12.3. The first-order valence-electron chi connectivity index (χ1n) is 7.26. The van der Waals surface area contributed by atoms with E-state index in [-0.39, 0.29) is 5.56 Å². The number of rotatable bonds is 3. The summed E-state index contributed by atoms with van der Waals surface area (Å²) in [7, 11) is 0. The monoisotopic (exact) mass is 349 g/mol. The highest BCUT2D eigenvalue weighted by molar-refractivity contribution is 9.10. The highest BCUT2D eigenvalue weighted by Crippen LogP contribution is 2.37. The van der Waals surface area contributed by atoms with Crippen molar-refractivity contribution in [2.24, 2.45) is 0 Å². The molecule has 0 bridgehead atoms. The Hall–Kier alpha value is -1.40. The zero-order chi connectivity index (χ0) is 14.4. The summed E-state index contributed by atoms with van der Waals surface area (Å²) in [6.07, 6.45) is 4.83. The summed E-state index contributed by atoms with van der Waals surface area (Å²) in [5.41, 5.74) is 1.83. The van der Waals surface area contributed by atoms with Gasteiger partial charge in [0, 0.05) is 25.4 Å². The summed E-state index contributed by atoms with van der Waals surface area (Å²) in [5.74, 6) is 2.29. The van der Waals surface area contributed by atoms with E-state index in [0.29, 0.717) is 12.5 Å². The fourth-order valence-corrected chi connectivity index (χ4v) is 3.19. The van der Waals surface area contributed by atoms with E-state index in [1.165, 1.54) is 0 Å². The fourth-order valence-electron chi connectivity index (χ4n) is 2.84. The minimum absolute atomic E-state index is 0.0345. The molecule has 2 aromatic rings. The van der Waals surface area contributed by atoms with Crippen molar-refractivity contribution in [2.45, 2.75) is 38.3 Å². The van der Waals surface area contributed by atoms with Crippen molar-refractivity contribution in [1.29, 1.82) is 0 Å². The molecule has 0 unspecified atom stereocenters. The average Bonchev–Trinajstić information content (AvgIpc) is 3.24. The van der Waals surface area contributed by atoms with Gasteiger partial charge in [0.1, 0.15) is 17.8 Å². The van der Waals surface area contributed by atoms with Gasteiger partial charge in [-0.3, -0.25) is 9.69 Å². The van der Waals surface area contributed by atoms with Crippen molar-refractivity contribution in [3.05, 3.63) is 50.0 Å². The smallest absolute Gasteiger partial charge is 0.255 e. The van der Waals surface area contributed by atoms with Crippen LogP contribution in [-0.4, -0.2) is 21.4 Å². The summed E-state index contributed by atoms with van der Waals surface area (Å²) in [4.78, 5) is 22.1. The molecule has 110 valence electrons. The van der Waals surface area contributed by atoms with E-state index in [9.17, 15) is 4.79 Å². The van der Waals surface area contributed by atoms with Gasteiger partial charge in [0.2, 0.25) is 0 Å². The Morgan fingerprint density at radius 3 is 3.05 bits per heavy atom. The number of nitrogens with zero attached hydrogens (tertiary/aromatic N) is 2. The average molecular weight is 350 g/mol. The predicted octanol–water partition coefficient (Wildman–Crippen LogP) is 2.56. The molecule has 21 heavy (non-hydrogen) atoms. The Morgan fingerprint density at radius 2 is 2.33 bits per heavy atom. The van der Waals surface area contributed by atoms with E-state index in [4.69, 9.17) is 4.42 Å². The molecule has 2 aromatic heterocycles. The molecule has 0 spiro atoms. The Kier molecular flexibility index (Phi) is 3.23. The zero-order valence-corrected chi connectivity index (χ0v) is 13.1. The molecule has 5 nitrogen and oxygen atoms in total. The van der Waals surface area contributed by atoms with E-state index < -0.39 is 0 Å². The molecule has 1 saturated carbocycles. The number of furan rings is 1. The molecule has 0 amide bonds. The zero-order valence-electron chi connectivity index (χ0n) is 11.6. The second-order valence-electron chi connectivity index (χ2n) is 5.84. The number of aromatic amines is 1. The van der Waals surface area contributed by atoms with Gasteiger partial charge in [-0.05, 0) is 34.8 Å². The van der Waals surface area contributed by atoms with Crippen molar-refractivity contribution in [1.82, 2.24) is 14.9 Å². The van der Waals surface area contributed by atoms with E-state index in [2.05, 4.69) is 30.8 Å². The standard InChI is InChI=1S/C15H16BrN3O2/c16-10-5-11(21-8-10)6-19-4-3-13-12(7-19)15(20)18-14(17-13)9-1-2-9/h5,8-9H,1-4,6-7H2,(H,17,18,20). The fraction of sp³-hybridized carbons (Fsp3) is 0.467. The normalized spacial score (nSPS) is 18.7. The molecule has 4 rings (SSSR count). The van der Waals surface area contributed by atoms with Gasteiger partial charge in [-0.2, -0.15) is 0 Å². The van der Waals surface area contributed by atoms with Crippen LogP contribution in [0.3, 0.4) is 0 Å². The molecule has 6 heteroatoms. The minimum Gasteiger partial charge on any atom is -0.467 e. The van der Waals surface area contributed by atoms with Crippen LogP contribution in [0.15, 0.2) is 26.0 Å². The predicted molar refractivity (Wildman–Crippen MR) is 81.1 cm³/mol. The SMILES string of the molecule is O=c1[nH]c(C2CC2)nc2c1CN(Cc1cc(Br)co1)CC2. The third kappa shape index (κ3) is 2.70. The lowest BCUT2D eigenvalue weighted by atomic mass is 10.1. The molecule has 3 heterocycles. The molecule has 0 radical (unpaired) electrons. The van der Waals surface area contributed by atoms with Gasteiger partial charge in [-0.15, -0.1) is 0 Å². The van der Waals surface area contributed by atoms with Gasteiger partial charge in [0.25, 0.3) is 5.56 Å². The number of halogens is 1. The van der Waals surface area contributed by atoms with Gasteiger partial charge >= 0.3 is 0 Å². The summed E-state index contributed by atoms with van der Waals surface area (Å²) in [6, 6.07) is 1.97. The van der Waals surface area contributed by atoms with Crippen LogP contribution in [0, 0.1) is 0 Å². The molecule has 1 fully saturated rings. The van der Waals surface area contributed by atoms with Gasteiger partial charge in [0.05, 0.1) is 22.3 Å². The van der Waals surface area contributed by atoms with Gasteiger partial charge in [-0.25, -0.2) is 4.98 Å². The highest BCUT2D eigenvalue weighted by atomic mass is 79.9.